The standard InChI is InChI=1S/C4F6INO2/c5-3(6,7)1(13)12(11)2(14)4(8,9)10. The zero-order valence-electron chi connectivity index (χ0n) is 5.91. The second kappa shape index (κ2) is 3.90. The third-order valence-corrected chi connectivity index (χ3v) is 1.72. The summed E-state index contributed by atoms with van der Waals surface area (Å²) in [5.41, 5.74) is 0. The first kappa shape index (κ1) is 13.4. The predicted octanol–water partition coefficient (Wildman–Crippen LogP) is 1.82. The van der Waals surface area contributed by atoms with E-state index in [2.05, 4.69) is 0 Å². The van der Waals surface area contributed by atoms with Crippen LogP contribution in [0, 0.1) is 0 Å². The van der Waals surface area contributed by atoms with E-state index in [0.29, 0.717) is 22.9 Å². The van der Waals surface area contributed by atoms with Crippen LogP contribution in [0.5, 0.6) is 0 Å². The summed E-state index contributed by atoms with van der Waals surface area (Å²) >= 11 is 0.338. The molecular weight excluding hydrogens is 335 g/mol. The summed E-state index contributed by atoms with van der Waals surface area (Å²) in [6.07, 6.45) is -11.0. The van der Waals surface area contributed by atoms with Crippen molar-refractivity contribution in [2.45, 2.75) is 12.4 Å². The van der Waals surface area contributed by atoms with E-state index in [9.17, 15) is 35.9 Å². The quantitative estimate of drug-likeness (QED) is 0.385. The van der Waals surface area contributed by atoms with Crippen molar-refractivity contribution in [3.63, 3.8) is 0 Å². The SMILES string of the molecule is O=C(N(I)C(=O)C(F)(F)F)C(F)(F)F. The fraction of sp³-hybridized carbons (Fsp3) is 0.500. The maximum absolute atomic E-state index is 11.5. The molecule has 2 amide bonds. The average Bonchev–Trinajstić information content (AvgIpc) is 1.97. The summed E-state index contributed by atoms with van der Waals surface area (Å²) in [4.78, 5) is 20.3. The van der Waals surface area contributed by atoms with Crippen molar-refractivity contribution in [3.05, 3.63) is 0 Å². The Morgan fingerprint density at radius 2 is 1.07 bits per heavy atom. The van der Waals surface area contributed by atoms with Gasteiger partial charge in [-0.3, -0.25) is 9.59 Å². The molecule has 0 aliphatic heterocycles. The first-order valence-corrected chi connectivity index (χ1v) is 3.62. The molecule has 0 heterocycles. The van der Waals surface area contributed by atoms with Gasteiger partial charge in [0, 0.05) is 0 Å². The average molecular weight is 335 g/mol. The number of rotatable bonds is 0. The monoisotopic (exact) mass is 335 g/mol. The van der Waals surface area contributed by atoms with Crippen molar-refractivity contribution >= 4 is 34.7 Å². The molecule has 0 spiro atoms. The number of hydrogen-bond donors (Lipinski definition) is 0. The molecule has 82 valence electrons. The van der Waals surface area contributed by atoms with Crippen LogP contribution in [0.4, 0.5) is 26.3 Å². The highest BCUT2D eigenvalue weighted by Crippen LogP contribution is 2.26. The van der Waals surface area contributed by atoms with Crippen LogP contribution in [-0.4, -0.2) is 27.3 Å². The Morgan fingerprint density at radius 3 is 1.21 bits per heavy atom. The number of imide groups is 1. The van der Waals surface area contributed by atoms with Gasteiger partial charge >= 0.3 is 24.2 Å². The fourth-order valence-electron chi connectivity index (χ4n) is 0.315. The van der Waals surface area contributed by atoms with E-state index in [1.807, 2.05) is 0 Å². The Morgan fingerprint density at radius 1 is 0.857 bits per heavy atom. The van der Waals surface area contributed by atoms with Gasteiger partial charge in [0.25, 0.3) is 0 Å². The lowest BCUT2D eigenvalue weighted by Gasteiger charge is -2.15. The van der Waals surface area contributed by atoms with Crippen LogP contribution in [0.2, 0.25) is 0 Å². The lowest BCUT2D eigenvalue weighted by atomic mass is 10.5. The third-order valence-electron chi connectivity index (χ3n) is 0.842. The molecule has 0 fully saturated rings. The number of nitrogens with zero attached hydrogens (tertiary/aromatic N) is 1. The van der Waals surface area contributed by atoms with E-state index in [1.165, 1.54) is 0 Å². The van der Waals surface area contributed by atoms with Crippen LogP contribution in [0.1, 0.15) is 0 Å². The van der Waals surface area contributed by atoms with Gasteiger partial charge in [0.15, 0.2) is 0 Å². The molecule has 0 radical (unpaired) electrons. The van der Waals surface area contributed by atoms with Crippen LogP contribution < -0.4 is 0 Å². The molecule has 3 nitrogen and oxygen atoms in total. The molecule has 0 rings (SSSR count). The number of amides is 2. The first-order valence-electron chi connectivity index (χ1n) is 2.66. The molecule has 0 aliphatic rings. The Kier molecular flexibility index (Phi) is 3.75. The first-order chi connectivity index (χ1) is 5.98. The number of alkyl halides is 6. The van der Waals surface area contributed by atoms with Crippen molar-refractivity contribution in [3.8, 4) is 0 Å². The molecule has 10 heteroatoms. The molecule has 0 saturated heterocycles. The van der Waals surface area contributed by atoms with Gasteiger partial charge in [-0.1, -0.05) is 0 Å². The molecule has 14 heavy (non-hydrogen) atoms. The van der Waals surface area contributed by atoms with Gasteiger partial charge in [-0.25, -0.2) is 3.11 Å². The molecule has 0 unspecified atom stereocenters. The minimum absolute atomic E-state index is 0.338. The summed E-state index contributed by atoms with van der Waals surface area (Å²) < 4.78 is 68.1. The van der Waals surface area contributed by atoms with E-state index < -0.39 is 27.3 Å². The summed E-state index contributed by atoms with van der Waals surface area (Å²) in [5.74, 6) is -5.75. The van der Waals surface area contributed by atoms with E-state index in [1.54, 1.807) is 0 Å². The number of hydrogen-bond acceptors (Lipinski definition) is 2. The van der Waals surface area contributed by atoms with Gasteiger partial charge in [0.2, 0.25) is 0 Å². The maximum atomic E-state index is 11.5. The Labute approximate surface area is 86.5 Å². The third kappa shape index (κ3) is 3.31. The summed E-state index contributed by atoms with van der Waals surface area (Å²) in [6, 6.07) is 0. The van der Waals surface area contributed by atoms with Gasteiger partial charge in [0.1, 0.15) is 0 Å². The smallest absolute Gasteiger partial charge is 0.263 e. The van der Waals surface area contributed by atoms with Crippen LogP contribution >= 0.6 is 22.9 Å². The lowest BCUT2D eigenvalue weighted by Crippen LogP contribution is -2.44. The predicted molar refractivity (Wildman–Crippen MR) is 38.0 cm³/mol. The van der Waals surface area contributed by atoms with Crippen LogP contribution in [-0.2, 0) is 9.59 Å². The largest absolute Gasteiger partial charge is 0.472 e. The zero-order chi connectivity index (χ0) is 11.7. The Balaban J connectivity index is 4.74. The van der Waals surface area contributed by atoms with Crippen LogP contribution in [0.15, 0.2) is 0 Å². The second-order valence-electron chi connectivity index (χ2n) is 1.89. The highest BCUT2D eigenvalue weighted by molar-refractivity contribution is 14.1. The normalized spacial score (nSPS) is 12.5. The van der Waals surface area contributed by atoms with Crippen molar-refractivity contribution in [2.24, 2.45) is 0 Å². The maximum Gasteiger partial charge on any atom is 0.472 e. The van der Waals surface area contributed by atoms with E-state index in [4.69, 9.17) is 0 Å². The van der Waals surface area contributed by atoms with Gasteiger partial charge in [0.05, 0.1) is 22.9 Å². The van der Waals surface area contributed by atoms with Gasteiger partial charge in [-0.15, -0.1) is 0 Å². The molecule has 0 atom stereocenters. The zero-order valence-corrected chi connectivity index (χ0v) is 8.07. The van der Waals surface area contributed by atoms with Crippen molar-refractivity contribution in [1.82, 2.24) is 3.11 Å². The Bertz CT molecular complexity index is 232. The van der Waals surface area contributed by atoms with Crippen LogP contribution in [0.25, 0.3) is 0 Å². The summed E-state index contributed by atoms with van der Waals surface area (Å²) in [5, 5.41) is 0. The topological polar surface area (TPSA) is 37.4 Å². The van der Waals surface area contributed by atoms with Crippen molar-refractivity contribution in [2.75, 3.05) is 0 Å². The molecular formula is C4F6INO2. The molecule has 0 N–H and O–H groups in total. The second-order valence-corrected chi connectivity index (χ2v) is 2.85. The Hall–Kier alpha value is -0.550. The van der Waals surface area contributed by atoms with Gasteiger partial charge in [-0.05, 0) is 0 Å². The molecule has 0 aliphatic carbocycles. The highest BCUT2D eigenvalue weighted by atomic mass is 127. The molecule has 0 aromatic carbocycles. The number of carbonyl (C=O) groups excluding carboxylic acids is 2. The van der Waals surface area contributed by atoms with Crippen molar-refractivity contribution < 1.29 is 35.9 Å². The van der Waals surface area contributed by atoms with E-state index in [0.717, 1.165) is 0 Å². The number of carbonyl (C=O) groups is 2. The highest BCUT2D eigenvalue weighted by Gasteiger charge is 2.51. The minimum Gasteiger partial charge on any atom is -0.263 e. The van der Waals surface area contributed by atoms with Crippen LogP contribution in [0.3, 0.4) is 0 Å². The van der Waals surface area contributed by atoms with E-state index in [-0.39, 0.29) is 0 Å². The lowest BCUT2D eigenvalue weighted by molar-refractivity contribution is -0.194. The summed E-state index contributed by atoms with van der Waals surface area (Å²) in [7, 11) is 0. The fourth-order valence-corrected chi connectivity index (χ4v) is 0.862. The summed E-state index contributed by atoms with van der Waals surface area (Å²) in [6.45, 7) is 0. The molecule has 0 saturated carbocycles. The van der Waals surface area contributed by atoms with E-state index >= 15 is 0 Å². The molecule has 0 aromatic rings. The minimum atomic E-state index is -5.51. The van der Waals surface area contributed by atoms with Gasteiger partial charge in [-0.2, -0.15) is 26.3 Å². The molecule has 0 aromatic heterocycles. The van der Waals surface area contributed by atoms with Gasteiger partial charge < -0.3 is 0 Å². The van der Waals surface area contributed by atoms with Crippen molar-refractivity contribution in [1.29, 1.82) is 0 Å². The molecule has 0 bridgehead atoms. The number of halogens is 7.